The van der Waals surface area contributed by atoms with Crippen LogP contribution in [0.4, 0.5) is 15.8 Å². The Morgan fingerprint density at radius 3 is 2.35 bits per heavy atom. The van der Waals surface area contributed by atoms with E-state index in [-0.39, 0.29) is 31.0 Å². The Hall–Kier alpha value is -4.66. The largest absolute Gasteiger partial charge is 0.493 e. The molecule has 0 saturated heterocycles. The van der Waals surface area contributed by atoms with Gasteiger partial charge in [0.25, 0.3) is 0 Å². The van der Waals surface area contributed by atoms with Gasteiger partial charge in [0, 0.05) is 24.1 Å². The second-order valence-corrected chi connectivity index (χ2v) is 9.79. The third kappa shape index (κ3) is 5.14. The Morgan fingerprint density at radius 1 is 0.950 bits per heavy atom. The molecule has 206 valence electrons. The number of carbonyl (C=O) groups is 3. The average molecular weight is 545 g/mol. The number of nitrogens with one attached hydrogen (secondary N) is 1. The topological polar surface area (TPSA) is 105 Å². The number of ketones is 1. The Balaban J connectivity index is 1.65. The van der Waals surface area contributed by atoms with Gasteiger partial charge in [0.05, 0.1) is 38.1 Å². The summed E-state index contributed by atoms with van der Waals surface area (Å²) in [6, 6.07) is 17.6. The number of ether oxygens (including phenoxy) is 2. The number of allylic oxidation sites excluding steroid dienone is 1. The lowest BCUT2D eigenvalue weighted by Gasteiger charge is -2.35. The van der Waals surface area contributed by atoms with E-state index in [9.17, 15) is 23.9 Å². The number of rotatable bonds is 7. The van der Waals surface area contributed by atoms with Gasteiger partial charge in [0.1, 0.15) is 5.82 Å². The summed E-state index contributed by atoms with van der Waals surface area (Å²) < 4.78 is 24.8. The minimum atomic E-state index is -1.10. The van der Waals surface area contributed by atoms with Crippen LogP contribution in [0.25, 0.3) is 0 Å². The number of hydrogen-bond donors (Lipinski definition) is 2. The summed E-state index contributed by atoms with van der Waals surface area (Å²) in [5.74, 6) is -1.18. The summed E-state index contributed by atoms with van der Waals surface area (Å²) >= 11 is 0. The van der Waals surface area contributed by atoms with Gasteiger partial charge in [0.2, 0.25) is 5.91 Å². The molecular weight excluding hydrogens is 515 g/mol. The maximum Gasteiger partial charge on any atom is 0.303 e. The maximum absolute atomic E-state index is 14.0. The van der Waals surface area contributed by atoms with Gasteiger partial charge in [-0.1, -0.05) is 30.3 Å². The van der Waals surface area contributed by atoms with Gasteiger partial charge in [0.15, 0.2) is 17.3 Å². The van der Waals surface area contributed by atoms with E-state index in [0.717, 1.165) is 5.56 Å². The van der Waals surface area contributed by atoms with E-state index in [2.05, 4.69) is 5.32 Å². The van der Waals surface area contributed by atoms with Gasteiger partial charge < -0.3 is 19.9 Å². The highest BCUT2D eigenvalue weighted by atomic mass is 19.1. The molecule has 8 nitrogen and oxygen atoms in total. The molecule has 3 aromatic carbocycles. The van der Waals surface area contributed by atoms with Gasteiger partial charge >= 0.3 is 5.97 Å². The van der Waals surface area contributed by atoms with Crippen LogP contribution in [0.15, 0.2) is 78.0 Å². The first-order valence-electron chi connectivity index (χ1n) is 12.9. The summed E-state index contributed by atoms with van der Waals surface area (Å²) in [6.45, 7) is 0. The van der Waals surface area contributed by atoms with E-state index in [4.69, 9.17) is 9.47 Å². The molecule has 0 radical (unpaired) electrons. The number of hydrogen-bond acceptors (Lipinski definition) is 6. The molecule has 0 spiro atoms. The number of aliphatic carboxylic acids is 1. The minimum Gasteiger partial charge on any atom is -0.493 e. The van der Waals surface area contributed by atoms with Gasteiger partial charge in [-0.3, -0.25) is 19.3 Å². The number of carboxylic acid groups (broad SMARTS) is 1. The molecule has 0 saturated carbocycles. The number of para-hydroxylation sites is 2. The normalized spacial score (nSPS) is 18.3. The van der Waals surface area contributed by atoms with Crippen molar-refractivity contribution in [1.82, 2.24) is 0 Å². The Morgan fingerprint density at radius 2 is 1.65 bits per heavy atom. The summed E-state index contributed by atoms with van der Waals surface area (Å²) in [4.78, 5) is 40.5. The van der Waals surface area contributed by atoms with E-state index < -0.39 is 23.7 Å². The second-order valence-electron chi connectivity index (χ2n) is 9.79. The van der Waals surface area contributed by atoms with Gasteiger partial charge in [-0.05, 0) is 59.9 Å². The molecule has 3 aromatic rings. The molecule has 5 rings (SSSR count). The number of benzene rings is 3. The van der Waals surface area contributed by atoms with E-state index in [1.807, 2.05) is 30.3 Å². The van der Waals surface area contributed by atoms with Gasteiger partial charge in [-0.25, -0.2) is 4.39 Å². The molecule has 2 N–H and O–H groups in total. The summed E-state index contributed by atoms with van der Waals surface area (Å²) in [5.41, 5.74) is 3.65. The SMILES string of the molecule is COc1ccc([C@@H]2CC(=O)C3=C(C2)Nc2ccccc2N(C(=O)CCC(=O)O)[C@@H]3c2ccc(F)cc2)cc1OC. The van der Waals surface area contributed by atoms with Crippen LogP contribution >= 0.6 is 0 Å². The van der Waals surface area contributed by atoms with Crippen molar-refractivity contribution in [3.8, 4) is 11.5 Å². The van der Waals surface area contributed by atoms with Crippen molar-refractivity contribution in [2.45, 2.75) is 37.6 Å². The fourth-order valence-corrected chi connectivity index (χ4v) is 5.50. The number of anilines is 2. The summed E-state index contributed by atoms with van der Waals surface area (Å²) in [7, 11) is 3.12. The molecule has 0 unspecified atom stereocenters. The van der Waals surface area contributed by atoms with Crippen molar-refractivity contribution >= 4 is 29.0 Å². The van der Waals surface area contributed by atoms with Crippen LogP contribution in [-0.2, 0) is 14.4 Å². The lowest BCUT2D eigenvalue weighted by Crippen LogP contribution is -2.38. The molecule has 9 heteroatoms. The van der Waals surface area contributed by atoms with Crippen molar-refractivity contribution in [2.75, 3.05) is 24.4 Å². The molecule has 1 aliphatic carbocycles. The molecule has 40 heavy (non-hydrogen) atoms. The molecule has 2 atom stereocenters. The zero-order valence-electron chi connectivity index (χ0n) is 22.1. The molecule has 0 aromatic heterocycles. The fraction of sp³-hybridized carbons (Fsp3) is 0.258. The van der Waals surface area contributed by atoms with Crippen LogP contribution in [0.5, 0.6) is 11.5 Å². The second kappa shape index (κ2) is 11.2. The van der Waals surface area contributed by atoms with E-state index in [0.29, 0.717) is 46.1 Å². The Bertz CT molecular complexity index is 1500. The molecule has 1 amide bonds. The first-order valence-corrected chi connectivity index (χ1v) is 12.9. The molecule has 0 fully saturated rings. The van der Waals surface area contributed by atoms with E-state index >= 15 is 0 Å². The maximum atomic E-state index is 14.0. The average Bonchev–Trinajstić information content (AvgIpc) is 3.10. The third-order valence-corrected chi connectivity index (χ3v) is 7.37. The van der Waals surface area contributed by atoms with Crippen molar-refractivity contribution in [2.24, 2.45) is 0 Å². The van der Waals surface area contributed by atoms with E-state index in [1.165, 1.54) is 17.0 Å². The quantitative estimate of drug-likeness (QED) is 0.398. The molecule has 2 aliphatic rings. The van der Waals surface area contributed by atoms with Crippen LogP contribution in [0.2, 0.25) is 0 Å². The highest BCUT2D eigenvalue weighted by Gasteiger charge is 2.41. The summed E-state index contributed by atoms with van der Waals surface area (Å²) in [5, 5.41) is 12.7. The van der Waals surface area contributed by atoms with Crippen molar-refractivity contribution < 1.29 is 33.4 Å². The molecule has 1 heterocycles. The number of amides is 1. The number of methoxy groups -OCH3 is 2. The minimum absolute atomic E-state index is 0.160. The summed E-state index contributed by atoms with van der Waals surface area (Å²) in [6.07, 6.45) is 0.0374. The molecule has 0 bridgehead atoms. The number of nitrogens with zero attached hydrogens (tertiary/aromatic N) is 1. The van der Waals surface area contributed by atoms with Crippen molar-refractivity contribution in [3.63, 3.8) is 0 Å². The van der Waals surface area contributed by atoms with Crippen molar-refractivity contribution in [3.05, 3.63) is 94.9 Å². The van der Waals surface area contributed by atoms with Crippen molar-refractivity contribution in [1.29, 1.82) is 0 Å². The lowest BCUT2D eigenvalue weighted by molar-refractivity contribution is -0.138. The predicted octanol–water partition coefficient (Wildman–Crippen LogP) is 5.61. The monoisotopic (exact) mass is 544 g/mol. The number of Topliss-reactive ketones (excluding diaryl/α,β-unsaturated/α-hetero) is 1. The highest BCUT2D eigenvalue weighted by molar-refractivity contribution is 6.06. The molecular formula is C31H29FN2O6. The number of carboxylic acids is 1. The Kier molecular flexibility index (Phi) is 7.55. The van der Waals surface area contributed by atoms with E-state index in [1.54, 1.807) is 38.5 Å². The van der Waals surface area contributed by atoms with Crippen LogP contribution in [0, 0.1) is 5.82 Å². The number of fused-ring (bicyclic) bond motifs is 1. The third-order valence-electron chi connectivity index (χ3n) is 7.37. The Labute approximate surface area is 231 Å². The zero-order chi connectivity index (χ0) is 28.4. The lowest BCUT2D eigenvalue weighted by atomic mass is 9.78. The van der Waals surface area contributed by atoms with Gasteiger partial charge in [-0.2, -0.15) is 0 Å². The van der Waals surface area contributed by atoms with Crippen LogP contribution in [-0.4, -0.2) is 37.0 Å². The zero-order valence-corrected chi connectivity index (χ0v) is 22.1. The molecule has 1 aliphatic heterocycles. The van der Waals surface area contributed by atoms with Crippen LogP contribution < -0.4 is 19.7 Å². The first kappa shape index (κ1) is 26.9. The fourth-order valence-electron chi connectivity index (χ4n) is 5.50. The van der Waals surface area contributed by atoms with Crippen LogP contribution in [0.3, 0.4) is 0 Å². The predicted molar refractivity (Wildman–Crippen MR) is 147 cm³/mol. The smallest absolute Gasteiger partial charge is 0.303 e. The number of carbonyl (C=O) groups excluding carboxylic acids is 2. The number of halogens is 1. The standard InChI is InChI=1S/C31H29FN2O6/c1-39-26-12-9-19(17-27(26)40-2)20-15-23-30(25(35)16-20)31(18-7-10-21(32)11-8-18)34(28(36)13-14-29(37)38)24-6-4-3-5-22(24)33-23/h3-12,17,20,31,33H,13-16H2,1-2H3,(H,37,38)/t20-,31+/m0/s1. The highest BCUT2D eigenvalue weighted by Crippen LogP contribution is 2.48. The van der Waals surface area contributed by atoms with Gasteiger partial charge in [-0.15, -0.1) is 0 Å². The first-order chi connectivity index (χ1) is 19.3. The van der Waals surface area contributed by atoms with Crippen LogP contribution in [0.1, 0.15) is 48.8 Å².